The van der Waals surface area contributed by atoms with Crippen molar-refractivity contribution in [3.63, 3.8) is 0 Å². The Labute approximate surface area is 123 Å². The number of ether oxygens (including phenoxy) is 1. The van der Waals surface area contributed by atoms with Gasteiger partial charge in [-0.2, -0.15) is 11.8 Å². The zero-order chi connectivity index (χ0) is 14.1. The number of hydrogen-bond donors (Lipinski definition) is 1. The van der Waals surface area contributed by atoms with Crippen LogP contribution in [0.2, 0.25) is 0 Å². The van der Waals surface area contributed by atoms with Crippen LogP contribution in [0.5, 0.6) is 0 Å². The molecule has 1 fully saturated rings. The number of rotatable bonds is 10. The summed E-state index contributed by atoms with van der Waals surface area (Å²) in [6.45, 7) is 7.74. The quantitative estimate of drug-likeness (QED) is 0.625. The molecule has 4 heteroatoms. The van der Waals surface area contributed by atoms with Crippen molar-refractivity contribution < 1.29 is 4.74 Å². The zero-order valence-electron chi connectivity index (χ0n) is 13.2. The van der Waals surface area contributed by atoms with Crippen LogP contribution in [0.4, 0.5) is 0 Å². The van der Waals surface area contributed by atoms with Crippen molar-refractivity contribution in [1.82, 2.24) is 10.2 Å². The minimum absolute atomic E-state index is 0.437. The Morgan fingerprint density at radius 2 is 2.11 bits per heavy atom. The maximum absolute atomic E-state index is 6.12. The molecule has 0 aromatic heterocycles. The number of likely N-dealkylation sites (N-methyl/N-ethyl adjacent to an activating group) is 1. The van der Waals surface area contributed by atoms with Gasteiger partial charge in [0.05, 0.1) is 12.2 Å². The van der Waals surface area contributed by atoms with Crippen LogP contribution in [-0.4, -0.2) is 61.8 Å². The first-order chi connectivity index (χ1) is 9.17. The highest BCUT2D eigenvalue weighted by molar-refractivity contribution is 7.98. The van der Waals surface area contributed by atoms with E-state index >= 15 is 0 Å². The number of nitrogens with zero attached hydrogens (tertiary/aromatic N) is 1. The molecule has 3 unspecified atom stereocenters. The molecular formula is C15H32N2OS. The summed E-state index contributed by atoms with van der Waals surface area (Å²) >= 11 is 1.94. The van der Waals surface area contributed by atoms with Gasteiger partial charge in [-0.05, 0) is 58.2 Å². The minimum Gasteiger partial charge on any atom is -0.372 e. The summed E-state index contributed by atoms with van der Waals surface area (Å²) in [5, 5.41) is 3.46. The molecule has 0 radical (unpaired) electrons. The van der Waals surface area contributed by atoms with Gasteiger partial charge in [0, 0.05) is 19.1 Å². The summed E-state index contributed by atoms with van der Waals surface area (Å²) in [6.07, 6.45) is 7.96. The first kappa shape index (κ1) is 17.3. The standard InChI is InChI=1S/C15H32N2OS/c1-5-9-16-11-14-6-7-15(18-14)12-17(3)13(2)8-10-19-4/h13-16H,5-12H2,1-4H3. The highest BCUT2D eigenvalue weighted by Gasteiger charge is 2.26. The Kier molecular flexibility index (Phi) is 9.12. The van der Waals surface area contributed by atoms with Gasteiger partial charge in [0.1, 0.15) is 0 Å². The Hall–Kier alpha value is 0.230. The van der Waals surface area contributed by atoms with Gasteiger partial charge < -0.3 is 15.0 Å². The summed E-state index contributed by atoms with van der Waals surface area (Å²) in [4.78, 5) is 2.46. The predicted octanol–water partition coefficient (Wildman–Crippen LogP) is 2.61. The van der Waals surface area contributed by atoms with Crippen molar-refractivity contribution in [3.05, 3.63) is 0 Å². The van der Waals surface area contributed by atoms with Gasteiger partial charge in [-0.25, -0.2) is 0 Å². The summed E-state index contributed by atoms with van der Waals surface area (Å²) < 4.78 is 6.12. The van der Waals surface area contributed by atoms with Gasteiger partial charge >= 0.3 is 0 Å². The fraction of sp³-hybridized carbons (Fsp3) is 1.00. The third-order valence-electron chi connectivity index (χ3n) is 3.98. The minimum atomic E-state index is 0.437. The Morgan fingerprint density at radius 1 is 1.37 bits per heavy atom. The van der Waals surface area contributed by atoms with Gasteiger partial charge in [0.25, 0.3) is 0 Å². The summed E-state index contributed by atoms with van der Waals surface area (Å²) in [7, 11) is 2.23. The second-order valence-electron chi connectivity index (χ2n) is 5.73. The van der Waals surface area contributed by atoms with Crippen LogP contribution in [0.15, 0.2) is 0 Å². The van der Waals surface area contributed by atoms with Crippen molar-refractivity contribution in [2.24, 2.45) is 0 Å². The molecule has 1 aliphatic rings. The van der Waals surface area contributed by atoms with E-state index < -0.39 is 0 Å². The van der Waals surface area contributed by atoms with Crippen LogP contribution in [0, 0.1) is 0 Å². The van der Waals surface area contributed by atoms with Gasteiger partial charge in [0.2, 0.25) is 0 Å². The van der Waals surface area contributed by atoms with Crippen LogP contribution >= 0.6 is 11.8 Å². The molecule has 114 valence electrons. The second-order valence-corrected chi connectivity index (χ2v) is 6.72. The maximum atomic E-state index is 6.12. The summed E-state index contributed by atoms with van der Waals surface area (Å²) in [6, 6.07) is 0.660. The van der Waals surface area contributed by atoms with Crippen molar-refractivity contribution in [2.75, 3.05) is 38.7 Å². The van der Waals surface area contributed by atoms with Gasteiger partial charge in [0.15, 0.2) is 0 Å². The molecular weight excluding hydrogens is 256 g/mol. The molecule has 0 saturated carbocycles. The van der Waals surface area contributed by atoms with Gasteiger partial charge in [-0.1, -0.05) is 6.92 Å². The lowest BCUT2D eigenvalue weighted by molar-refractivity contribution is 0.0218. The fourth-order valence-electron chi connectivity index (χ4n) is 2.51. The van der Waals surface area contributed by atoms with E-state index in [-0.39, 0.29) is 0 Å². The van der Waals surface area contributed by atoms with Crippen LogP contribution in [0.3, 0.4) is 0 Å². The maximum Gasteiger partial charge on any atom is 0.0707 e. The van der Waals surface area contributed by atoms with E-state index in [4.69, 9.17) is 4.74 Å². The lowest BCUT2D eigenvalue weighted by Gasteiger charge is -2.27. The third-order valence-corrected chi connectivity index (χ3v) is 4.62. The van der Waals surface area contributed by atoms with E-state index in [1.165, 1.54) is 31.4 Å². The SMILES string of the molecule is CCCNCC1CCC(CN(C)C(C)CCSC)O1. The van der Waals surface area contributed by atoms with Crippen molar-refractivity contribution in [1.29, 1.82) is 0 Å². The van der Waals surface area contributed by atoms with Crippen LogP contribution in [-0.2, 0) is 4.74 Å². The van der Waals surface area contributed by atoms with Crippen LogP contribution < -0.4 is 5.32 Å². The summed E-state index contributed by atoms with van der Waals surface area (Å²) in [5.74, 6) is 1.25. The van der Waals surface area contributed by atoms with Crippen molar-refractivity contribution >= 4 is 11.8 Å². The molecule has 1 saturated heterocycles. The molecule has 0 bridgehead atoms. The average molecular weight is 289 g/mol. The normalized spacial score (nSPS) is 25.1. The molecule has 3 nitrogen and oxygen atoms in total. The first-order valence-electron chi connectivity index (χ1n) is 7.72. The predicted molar refractivity (Wildman–Crippen MR) is 86.1 cm³/mol. The molecule has 0 amide bonds. The number of thioether (sulfide) groups is 1. The van der Waals surface area contributed by atoms with E-state index in [1.54, 1.807) is 0 Å². The largest absolute Gasteiger partial charge is 0.372 e. The highest BCUT2D eigenvalue weighted by Crippen LogP contribution is 2.20. The lowest BCUT2D eigenvalue weighted by atomic mass is 10.1. The van der Waals surface area contributed by atoms with Crippen LogP contribution in [0.25, 0.3) is 0 Å². The molecule has 0 aromatic rings. The Morgan fingerprint density at radius 3 is 2.79 bits per heavy atom. The smallest absolute Gasteiger partial charge is 0.0707 e. The molecule has 0 aliphatic carbocycles. The molecule has 1 aliphatic heterocycles. The van der Waals surface area contributed by atoms with E-state index in [0.717, 1.165) is 19.6 Å². The van der Waals surface area contributed by atoms with Crippen LogP contribution in [0.1, 0.15) is 39.5 Å². The van der Waals surface area contributed by atoms with E-state index in [0.29, 0.717) is 18.2 Å². The lowest BCUT2D eigenvalue weighted by Crippen LogP contribution is -2.37. The van der Waals surface area contributed by atoms with E-state index in [1.807, 2.05) is 11.8 Å². The highest BCUT2D eigenvalue weighted by atomic mass is 32.2. The van der Waals surface area contributed by atoms with Crippen molar-refractivity contribution in [3.8, 4) is 0 Å². The van der Waals surface area contributed by atoms with Crippen molar-refractivity contribution in [2.45, 2.75) is 57.8 Å². The number of hydrogen-bond acceptors (Lipinski definition) is 4. The monoisotopic (exact) mass is 288 g/mol. The Bertz CT molecular complexity index is 228. The molecule has 0 spiro atoms. The molecule has 1 rings (SSSR count). The molecule has 19 heavy (non-hydrogen) atoms. The summed E-state index contributed by atoms with van der Waals surface area (Å²) in [5.41, 5.74) is 0. The topological polar surface area (TPSA) is 24.5 Å². The molecule has 1 heterocycles. The average Bonchev–Trinajstić information content (AvgIpc) is 2.83. The molecule has 1 N–H and O–H groups in total. The van der Waals surface area contributed by atoms with Gasteiger partial charge in [-0.15, -0.1) is 0 Å². The van der Waals surface area contributed by atoms with E-state index in [9.17, 15) is 0 Å². The van der Waals surface area contributed by atoms with Gasteiger partial charge in [-0.3, -0.25) is 0 Å². The zero-order valence-corrected chi connectivity index (χ0v) is 14.0. The third kappa shape index (κ3) is 6.98. The first-order valence-corrected chi connectivity index (χ1v) is 9.12. The van der Waals surface area contributed by atoms with E-state index in [2.05, 4.69) is 37.4 Å². The number of nitrogens with one attached hydrogen (secondary N) is 1. The fourth-order valence-corrected chi connectivity index (χ4v) is 3.09. The second kappa shape index (κ2) is 10.0. The molecule has 3 atom stereocenters. The molecule has 0 aromatic carbocycles. The Balaban J connectivity index is 2.16.